The van der Waals surface area contributed by atoms with Crippen LogP contribution in [-0.4, -0.2) is 30.1 Å². The molecule has 5 nitrogen and oxygen atoms in total. The highest BCUT2D eigenvalue weighted by Crippen LogP contribution is 2.40. The van der Waals surface area contributed by atoms with E-state index >= 15 is 0 Å². The van der Waals surface area contributed by atoms with E-state index in [1.807, 2.05) is 31.2 Å². The highest BCUT2D eigenvalue weighted by atomic mass is 35.5. The van der Waals surface area contributed by atoms with E-state index in [0.29, 0.717) is 17.4 Å². The zero-order valence-electron chi connectivity index (χ0n) is 16.3. The van der Waals surface area contributed by atoms with Crippen molar-refractivity contribution in [3.8, 4) is 5.75 Å². The Morgan fingerprint density at radius 2 is 1.86 bits per heavy atom. The second kappa shape index (κ2) is 9.29. The lowest BCUT2D eigenvalue weighted by Gasteiger charge is -2.45. The van der Waals surface area contributed by atoms with Gasteiger partial charge in [0.25, 0.3) is 5.91 Å². The summed E-state index contributed by atoms with van der Waals surface area (Å²) < 4.78 is 5.34. The third-order valence-electron chi connectivity index (χ3n) is 6.06. The molecule has 1 amide bonds. The van der Waals surface area contributed by atoms with E-state index in [1.54, 1.807) is 7.11 Å². The van der Waals surface area contributed by atoms with Gasteiger partial charge in [0.2, 0.25) is 0 Å². The molecule has 0 saturated heterocycles. The number of hydrogen-bond acceptors (Lipinski definition) is 4. The van der Waals surface area contributed by atoms with E-state index in [-0.39, 0.29) is 42.8 Å². The number of benzene rings is 1. The molecule has 7 heteroatoms. The van der Waals surface area contributed by atoms with Gasteiger partial charge in [-0.05, 0) is 68.7 Å². The van der Waals surface area contributed by atoms with Crippen LogP contribution < -0.4 is 15.8 Å². The smallest absolute Gasteiger partial charge is 0.252 e. The maximum absolute atomic E-state index is 13.2. The van der Waals surface area contributed by atoms with Gasteiger partial charge in [-0.2, -0.15) is 0 Å². The topological polar surface area (TPSA) is 77.2 Å². The van der Waals surface area contributed by atoms with E-state index in [1.165, 1.54) is 19.3 Å². The highest BCUT2D eigenvalue weighted by molar-refractivity contribution is 6.06. The summed E-state index contributed by atoms with van der Waals surface area (Å²) in [5.74, 6) is 1.74. The molecule has 2 unspecified atom stereocenters. The Labute approximate surface area is 178 Å². The Bertz CT molecular complexity index is 832. The maximum atomic E-state index is 13.2. The molecule has 3 N–H and O–H groups in total. The van der Waals surface area contributed by atoms with Crippen molar-refractivity contribution in [3.63, 3.8) is 0 Å². The predicted octanol–water partition coefficient (Wildman–Crippen LogP) is 4.03. The number of halogens is 2. The van der Waals surface area contributed by atoms with Crippen molar-refractivity contribution in [2.24, 2.45) is 17.6 Å². The summed E-state index contributed by atoms with van der Waals surface area (Å²) in [5, 5.41) is 4.19. The number of carbonyl (C=O) groups is 1. The van der Waals surface area contributed by atoms with Gasteiger partial charge in [-0.3, -0.25) is 9.78 Å². The van der Waals surface area contributed by atoms with Crippen molar-refractivity contribution >= 4 is 41.6 Å². The lowest BCUT2D eigenvalue weighted by Crippen LogP contribution is -2.53. The number of nitrogens with zero attached hydrogens (tertiary/aromatic N) is 1. The number of ether oxygens (including phenoxy) is 1. The standard InChI is InChI=1S/C21H27N3O2.2ClH/c1-12-8-18(17-11-16(26-2)6-7-19(17)23-12)21(25)24-20-13-4-3-5-14(20)10-15(22)9-13;;/h6-8,11,13-15,20H,3-5,9-10,22H2,1-2H3,(H,24,25);2*1H. The summed E-state index contributed by atoms with van der Waals surface area (Å²) in [6, 6.07) is 8.09. The van der Waals surface area contributed by atoms with Crippen LogP contribution in [0, 0.1) is 18.8 Å². The number of nitrogens with one attached hydrogen (secondary N) is 1. The summed E-state index contributed by atoms with van der Waals surface area (Å²) in [5.41, 5.74) is 8.57. The second-order valence-electron chi connectivity index (χ2n) is 7.88. The summed E-state index contributed by atoms with van der Waals surface area (Å²) in [7, 11) is 1.63. The van der Waals surface area contributed by atoms with Gasteiger partial charge in [0.15, 0.2) is 0 Å². The van der Waals surface area contributed by atoms with Gasteiger partial charge in [-0.1, -0.05) is 6.42 Å². The molecule has 1 aromatic carbocycles. The Morgan fingerprint density at radius 3 is 2.50 bits per heavy atom. The number of nitrogens with two attached hydrogens (primary N) is 1. The van der Waals surface area contributed by atoms with Gasteiger partial charge < -0.3 is 15.8 Å². The van der Waals surface area contributed by atoms with Gasteiger partial charge in [-0.25, -0.2) is 0 Å². The molecule has 2 atom stereocenters. The van der Waals surface area contributed by atoms with Crippen LogP contribution in [-0.2, 0) is 0 Å². The first-order valence-electron chi connectivity index (χ1n) is 9.57. The molecule has 0 spiro atoms. The number of pyridine rings is 1. The first-order valence-corrected chi connectivity index (χ1v) is 9.57. The van der Waals surface area contributed by atoms with E-state index in [2.05, 4.69) is 10.3 Å². The number of hydrogen-bond donors (Lipinski definition) is 2. The highest BCUT2D eigenvalue weighted by Gasteiger charge is 2.40. The van der Waals surface area contributed by atoms with Crippen molar-refractivity contribution in [1.29, 1.82) is 0 Å². The van der Waals surface area contributed by atoms with Gasteiger partial charge in [0.05, 0.1) is 18.2 Å². The van der Waals surface area contributed by atoms with Crippen molar-refractivity contribution in [2.45, 2.75) is 51.1 Å². The monoisotopic (exact) mass is 425 g/mol. The third-order valence-corrected chi connectivity index (χ3v) is 6.06. The summed E-state index contributed by atoms with van der Waals surface area (Å²) >= 11 is 0. The molecule has 0 aliphatic heterocycles. The van der Waals surface area contributed by atoms with Crippen LogP contribution in [0.15, 0.2) is 24.3 Å². The molecule has 28 heavy (non-hydrogen) atoms. The molecule has 2 aliphatic rings. The largest absolute Gasteiger partial charge is 0.497 e. The normalized spacial score (nSPS) is 26.0. The van der Waals surface area contributed by atoms with E-state index in [9.17, 15) is 4.79 Å². The average Bonchev–Trinajstić information content (AvgIpc) is 2.61. The molecule has 2 aliphatic carbocycles. The Morgan fingerprint density at radius 1 is 1.18 bits per heavy atom. The summed E-state index contributed by atoms with van der Waals surface area (Å²) in [4.78, 5) is 17.7. The zero-order chi connectivity index (χ0) is 18.3. The fourth-order valence-corrected chi connectivity index (χ4v) is 4.91. The molecule has 1 heterocycles. The molecule has 1 aromatic heterocycles. The fourth-order valence-electron chi connectivity index (χ4n) is 4.91. The van der Waals surface area contributed by atoms with Crippen molar-refractivity contribution in [1.82, 2.24) is 10.3 Å². The number of carbonyl (C=O) groups excluding carboxylic acids is 1. The van der Waals surface area contributed by atoms with Crippen molar-refractivity contribution in [2.75, 3.05) is 7.11 Å². The molecule has 2 fully saturated rings. The maximum Gasteiger partial charge on any atom is 0.252 e. The Hall–Kier alpha value is -1.56. The lowest BCUT2D eigenvalue weighted by molar-refractivity contribution is 0.0757. The van der Waals surface area contributed by atoms with E-state index in [4.69, 9.17) is 10.5 Å². The Balaban J connectivity index is 0.00000140. The van der Waals surface area contributed by atoms with Crippen LogP contribution in [0.5, 0.6) is 5.75 Å². The third kappa shape index (κ3) is 4.37. The van der Waals surface area contributed by atoms with Crippen molar-refractivity contribution in [3.05, 3.63) is 35.5 Å². The van der Waals surface area contributed by atoms with E-state index in [0.717, 1.165) is 35.2 Å². The summed E-state index contributed by atoms with van der Waals surface area (Å²) in [6.07, 6.45) is 5.62. The minimum atomic E-state index is -0.00822. The number of aryl methyl sites for hydroxylation is 1. The molecule has 0 radical (unpaired) electrons. The number of rotatable bonds is 3. The minimum absolute atomic E-state index is 0. The van der Waals surface area contributed by atoms with Gasteiger partial charge in [-0.15, -0.1) is 24.8 Å². The first kappa shape index (κ1) is 22.7. The fraction of sp³-hybridized carbons (Fsp3) is 0.524. The minimum Gasteiger partial charge on any atom is -0.497 e. The number of fused-ring (bicyclic) bond motifs is 3. The molecule has 2 bridgehead atoms. The van der Waals surface area contributed by atoms with Crippen molar-refractivity contribution < 1.29 is 9.53 Å². The van der Waals surface area contributed by atoms with E-state index < -0.39 is 0 Å². The molecule has 2 aromatic rings. The number of aromatic nitrogens is 1. The van der Waals surface area contributed by atoms with Gasteiger partial charge in [0, 0.05) is 23.2 Å². The van der Waals surface area contributed by atoms with Crippen LogP contribution in [0.4, 0.5) is 0 Å². The van der Waals surface area contributed by atoms with Crippen LogP contribution in [0.3, 0.4) is 0 Å². The average molecular weight is 426 g/mol. The number of methoxy groups -OCH3 is 1. The molecule has 154 valence electrons. The quantitative estimate of drug-likeness (QED) is 0.777. The van der Waals surface area contributed by atoms with Gasteiger partial charge in [0.1, 0.15) is 5.75 Å². The number of amides is 1. The Kier molecular flexibility index (Phi) is 7.54. The van der Waals surface area contributed by atoms with Crippen LogP contribution in [0.1, 0.15) is 48.2 Å². The molecular formula is C21H29Cl2N3O2. The summed E-state index contributed by atoms with van der Waals surface area (Å²) in [6.45, 7) is 1.93. The second-order valence-corrected chi connectivity index (χ2v) is 7.88. The van der Waals surface area contributed by atoms with Crippen LogP contribution >= 0.6 is 24.8 Å². The molecular weight excluding hydrogens is 397 g/mol. The first-order chi connectivity index (χ1) is 12.5. The lowest BCUT2D eigenvalue weighted by atomic mass is 9.67. The van der Waals surface area contributed by atoms with Crippen LogP contribution in [0.2, 0.25) is 0 Å². The zero-order valence-corrected chi connectivity index (χ0v) is 17.9. The van der Waals surface area contributed by atoms with Crippen LogP contribution in [0.25, 0.3) is 10.9 Å². The predicted molar refractivity (Wildman–Crippen MR) is 117 cm³/mol. The van der Waals surface area contributed by atoms with Gasteiger partial charge >= 0.3 is 0 Å². The SMILES string of the molecule is COc1ccc2nc(C)cc(C(=O)NC3C4CCCC3CC(N)C4)c2c1.Cl.Cl. The molecule has 4 rings (SSSR count). The molecule has 2 saturated carbocycles.